The maximum absolute atomic E-state index is 6.39. The molecule has 0 amide bonds. The summed E-state index contributed by atoms with van der Waals surface area (Å²) in [6.45, 7) is 4.72. The summed E-state index contributed by atoms with van der Waals surface area (Å²) in [7, 11) is 0. The van der Waals surface area contributed by atoms with Crippen LogP contribution < -0.4 is 4.90 Å². The summed E-state index contributed by atoms with van der Waals surface area (Å²) >= 11 is 0. The second-order valence-corrected chi connectivity index (χ2v) is 14.6. The predicted molar refractivity (Wildman–Crippen MR) is 222 cm³/mol. The molecule has 1 aromatic heterocycles. The van der Waals surface area contributed by atoms with Crippen LogP contribution in [0.1, 0.15) is 25.0 Å². The monoisotopic (exact) mass is 679 g/mol. The second kappa shape index (κ2) is 12.3. The van der Waals surface area contributed by atoms with Crippen molar-refractivity contribution in [1.82, 2.24) is 0 Å². The van der Waals surface area contributed by atoms with E-state index in [1.54, 1.807) is 0 Å². The molecule has 1 heterocycles. The topological polar surface area (TPSA) is 16.4 Å². The molecule has 0 atom stereocenters. The minimum atomic E-state index is -0.143. The van der Waals surface area contributed by atoms with Crippen LogP contribution in [0.5, 0.6) is 0 Å². The number of hydrogen-bond acceptors (Lipinski definition) is 2. The highest BCUT2D eigenvalue weighted by molar-refractivity contribution is 6.09. The number of nitrogens with zero attached hydrogens (tertiary/aromatic N) is 1. The van der Waals surface area contributed by atoms with Gasteiger partial charge in [-0.1, -0.05) is 147 Å². The van der Waals surface area contributed by atoms with E-state index in [9.17, 15) is 0 Å². The smallest absolute Gasteiger partial charge is 0.143 e. The predicted octanol–water partition coefficient (Wildman–Crippen LogP) is 14.4. The molecule has 9 aromatic rings. The standard InChI is InChI=1S/C51H37NO/c1-51(2)47-32-37(34-13-5-3-6-14-34)25-29-43(47)44-30-28-41(33-48(44)51)52(39-17-7-4-8-18-39)40-26-23-35(24-27-40)36-15-11-16-38(31-36)42-20-12-21-46-45-19-9-10-22-49(45)53-50(42)46/h3-33H,1-2H3. The summed E-state index contributed by atoms with van der Waals surface area (Å²) in [5, 5.41) is 2.29. The van der Waals surface area contributed by atoms with Gasteiger partial charge >= 0.3 is 0 Å². The number of benzene rings is 8. The molecule has 0 fully saturated rings. The Balaban J connectivity index is 1.01. The van der Waals surface area contributed by atoms with Crippen molar-refractivity contribution in [2.45, 2.75) is 19.3 Å². The Morgan fingerprint density at radius 2 is 0.925 bits per heavy atom. The quantitative estimate of drug-likeness (QED) is 0.174. The van der Waals surface area contributed by atoms with Gasteiger partial charge in [0.25, 0.3) is 0 Å². The van der Waals surface area contributed by atoms with Gasteiger partial charge in [0.15, 0.2) is 0 Å². The van der Waals surface area contributed by atoms with Gasteiger partial charge in [-0.15, -0.1) is 0 Å². The molecule has 0 saturated carbocycles. The Labute approximate surface area is 310 Å². The third-order valence-electron chi connectivity index (χ3n) is 11.1. The van der Waals surface area contributed by atoms with Gasteiger partial charge < -0.3 is 9.32 Å². The lowest BCUT2D eigenvalue weighted by molar-refractivity contribution is 0.660. The van der Waals surface area contributed by atoms with Gasteiger partial charge in [0, 0.05) is 38.8 Å². The summed E-state index contributed by atoms with van der Waals surface area (Å²) in [6, 6.07) is 67.8. The molecule has 0 saturated heterocycles. The molecule has 0 N–H and O–H groups in total. The van der Waals surface area contributed by atoms with E-state index in [2.05, 4.69) is 195 Å². The highest BCUT2D eigenvalue weighted by atomic mass is 16.3. The molecule has 1 aliphatic rings. The molecule has 0 bridgehead atoms. The number of furan rings is 1. The van der Waals surface area contributed by atoms with Crippen molar-refractivity contribution in [2.75, 3.05) is 4.90 Å². The average Bonchev–Trinajstić information content (AvgIpc) is 3.71. The second-order valence-electron chi connectivity index (χ2n) is 14.6. The summed E-state index contributed by atoms with van der Waals surface area (Å²) in [5.74, 6) is 0. The van der Waals surface area contributed by atoms with Crippen molar-refractivity contribution in [3.05, 3.63) is 199 Å². The molecule has 2 nitrogen and oxygen atoms in total. The first kappa shape index (κ1) is 31.1. The van der Waals surface area contributed by atoms with Gasteiger partial charge in [-0.3, -0.25) is 0 Å². The van der Waals surface area contributed by atoms with Gasteiger partial charge in [-0.2, -0.15) is 0 Å². The van der Waals surface area contributed by atoms with E-state index in [1.165, 1.54) is 44.5 Å². The van der Waals surface area contributed by atoms with Crippen molar-refractivity contribution in [3.8, 4) is 44.5 Å². The largest absolute Gasteiger partial charge is 0.455 e. The lowest BCUT2D eigenvalue weighted by atomic mass is 9.81. The molecule has 0 radical (unpaired) electrons. The highest BCUT2D eigenvalue weighted by Gasteiger charge is 2.36. The molecule has 0 aliphatic heterocycles. The molecule has 8 aromatic carbocycles. The van der Waals surface area contributed by atoms with Crippen LogP contribution >= 0.6 is 0 Å². The molecule has 252 valence electrons. The van der Waals surface area contributed by atoms with Crippen LogP contribution in [0.4, 0.5) is 17.1 Å². The van der Waals surface area contributed by atoms with Crippen LogP contribution in [0, 0.1) is 0 Å². The van der Waals surface area contributed by atoms with Crippen molar-refractivity contribution in [2.24, 2.45) is 0 Å². The van der Waals surface area contributed by atoms with Gasteiger partial charge in [0.05, 0.1) is 0 Å². The Hall–Kier alpha value is -6.64. The normalized spacial score (nSPS) is 12.9. The first-order valence-corrected chi connectivity index (χ1v) is 18.3. The number of rotatable bonds is 6. The maximum atomic E-state index is 6.39. The fraction of sp³-hybridized carbons (Fsp3) is 0.0588. The van der Waals surface area contributed by atoms with Gasteiger partial charge in [0.2, 0.25) is 0 Å². The van der Waals surface area contributed by atoms with E-state index in [0.29, 0.717) is 0 Å². The number of fused-ring (bicyclic) bond motifs is 6. The molecule has 0 unspecified atom stereocenters. The summed E-state index contributed by atoms with van der Waals surface area (Å²) in [5.41, 5.74) is 17.5. The Morgan fingerprint density at radius 1 is 0.377 bits per heavy atom. The first-order valence-electron chi connectivity index (χ1n) is 18.3. The van der Waals surface area contributed by atoms with Gasteiger partial charge in [-0.25, -0.2) is 0 Å². The van der Waals surface area contributed by atoms with Crippen LogP contribution in [0.3, 0.4) is 0 Å². The zero-order valence-electron chi connectivity index (χ0n) is 29.8. The van der Waals surface area contributed by atoms with E-state index in [4.69, 9.17) is 4.42 Å². The Morgan fingerprint density at radius 3 is 1.74 bits per heavy atom. The van der Waals surface area contributed by atoms with Crippen LogP contribution in [0.25, 0.3) is 66.4 Å². The van der Waals surface area contributed by atoms with E-state index >= 15 is 0 Å². The van der Waals surface area contributed by atoms with Gasteiger partial charge in [-0.05, 0) is 105 Å². The average molecular weight is 680 g/mol. The third kappa shape index (κ3) is 5.18. The number of para-hydroxylation sites is 3. The maximum Gasteiger partial charge on any atom is 0.143 e. The van der Waals surface area contributed by atoms with Gasteiger partial charge in [0.1, 0.15) is 11.2 Å². The van der Waals surface area contributed by atoms with Crippen molar-refractivity contribution < 1.29 is 4.42 Å². The molecular formula is C51H37NO. The molecule has 53 heavy (non-hydrogen) atoms. The number of hydrogen-bond donors (Lipinski definition) is 0. The van der Waals surface area contributed by atoms with E-state index in [1.807, 2.05) is 12.1 Å². The summed E-state index contributed by atoms with van der Waals surface area (Å²) in [4.78, 5) is 2.37. The van der Waals surface area contributed by atoms with E-state index < -0.39 is 0 Å². The van der Waals surface area contributed by atoms with E-state index in [-0.39, 0.29) is 5.41 Å². The van der Waals surface area contributed by atoms with E-state index in [0.717, 1.165) is 50.1 Å². The van der Waals surface area contributed by atoms with Crippen LogP contribution in [-0.4, -0.2) is 0 Å². The Bertz CT molecular complexity index is 2790. The van der Waals surface area contributed by atoms with Crippen molar-refractivity contribution in [1.29, 1.82) is 0 Å². The molecular weight excluding hydrogens is 643 g/mol. The molecule has 0 spiro atoms. The van der Waals surface area contributed by atoms with Crippen LogP contribution in [-0.2, 0) is 5.41 Å². The third-order valence-corrected chi connectivity index (χ3v) is 11.1. The van der Waals surface area contributed by atoms with Crippen LogP contribution in [0.2, 0.25) is 0 Å². The minimum Gasteiger partial charge on any atom is -0.455 e. The Kier molecular flexibility index (Phi) is 7.19. The minimum absolute atomic E-state index is 0.143. The zero-order valence-corrected chi connectivity index (χ0v) is 29.8. The molecule has 2 heteroatoms. The first-order chi connectivity index (χ1) is 26.0. The highest BCUT2D eigenvalue weighted by Crippen LogP contribution is 2.51. The summed E-state index contributed by atoms with van der Waals surface area (Å²) in [6.07, 6.45) is 0. The fourth-order valence-electron chi connectivity index (χ4n) is 8.34. The van der Waals surface area contributed by atoms with Crippen LogP contribution in [0.15, 0.2) is 192 Å². The lowest BCUT2D eigenvalue weighted by Gasteiger charge is -2.28. The zero-order chi connectivity index (χ0) is 35.5. The van der Waals surface area contributed by atoms with Crippen molar-refractivity contribution in [3.63, 3.8) is 0 Å². The number of anilines is 3. The lowest BCUT2D eigenvalue weighted by Crippen LogP contribution is -2.16. The molecule has 1 aliphatic carbocycles. The molecule has 10 rings (SSSR count). The SMILES string of the molecule is CC1(C)c2cc(-c3ccccc3)ccc2-c2ccc(N(c3ccccc3)c3ccc(-c4cccc(-c5cccc6c5oc5ccccc56)c4)cc3)cc21. The van der Waals surface area contributed by atoms with Crippen molar-refractivity contribution >= 4 is 39.0 Å². The fourth-order valence-corrected chi connectivity index (χ4v) is 8.34. The summed E-state index contributed by atoms with van der Waals surface area (Å²) < 4.78 is 6.39.